The molecule has 3 rings (SSSR count). The maximum absolute atomic E-state index is 12.4. The van der Waals surface area contributed by atoms with Gasteiger partial charge in [-0.15, -0.1) is 0 Å². The molecule has 0 aliphatic rings. The van der Waals surface area contributed by atoms with Gasteiger partial charge in [0.15, 0.2) is 11.5 Å². The predicted octanol–water partition coefficient (Wildman–Crippen LogP) is 2.93. The first kappa shape index (κ1) is 14.5. The quantitative estimate of drug-likeness (QED) is 0.630. The predicted molar refractivity (Wildman–Crippen MR) is 84.1 cm³/mol. The number of halogens is 1. The molecule has 0 radical (unpaired) electrons. The van der Waals surface area contributed by atoms with Gasteiger partial charge in [0.1, 0.15) is 5.15 Å². The number of H-pyrrole nitrogens is 2. The molecule has 0 saturated heterocycles. The van der Waals surface area contributed by atoms with E-state index in [9.17, 15) is 4.79 Å². The Hall–Kier alpha value is -2.41. The van der Waals surface area contributed by atoms with Crippen LogP contribution in [0.25, 0.3) is 11.0 Å². The van der Waals surface area contributed by atoms with E-state index in [2.05, 4.69) is 37.6 Å². The maximum Gasteiger partial charge on any atom is 0.257 e. The summed E-state index contributed by atoms with van der Waals surface area (Å²) in [6.45, 7) is 2.13. The average Bonchev–Trinajstić information content (AvgIpc) is 3.13. The molecule has 22 heavy (non-hydrogen) atoms. The van der Waals surface area contributed by atoms with E-state index >= 15 is 0 Å². The molecule has 3 aromatic rings. The Bertz CT molecular complexity index is 809. The van der Waals surface area contributed by atoms with Crippen LogP contribution in [0.15, 0.2) is 18.3 Å². The third-order valence-corrected chi connectivity index (χ3v) is 3.50. The lowest BCUT2D eigenvalue weighted by Crippen LogP contribution is -2.12. The van der Waals surface area contributed by atoms with Crippen molar-refractivity contribution < 1.29 is 4.79 Å². The van der Waals surface area contributed by atoms with Crippen LogP contribution in [-0.4, -0.2) is 31.3 Å². The van der Waals surface area contributed by atoms with Crippen molar-refractivity contribution in [1.29, 1.82) is 0 Å². The van der Waals surface area contributed by atoms with Crippen molar-refractivity contribution in [3.05, 3.63) is 34.7 Å². The molecule has 8 heteroatoms. The fourth-order valence-electron chi connectivity index (χ4n) is 2.19. The zero-order valence-corrected chi connectivity index (χ0v) is 12.7. The van der Waals surface area contributed by atoms with E-state index in [-0.39, 0.29) is 11.1 Å². The van der Waals surface area contributed by atoms with Gasteiger partial charge in [0.2, 0.25) is 0 Å². The Balaban J connectivity index is 1.81. The van der Waals surface area contributed by atoms with Gasteiger partial charge in [-0.1, -0.05) is 24.9 Å². The van der Waals surface area contributed by atoms with E-state index < -0.39 is 0 Å². The topological polar surface area (TPSA) is 99.3 Å². The summed E-state index contributed by atoms with van der Waals surface area (Å²) in [5.74, 6) is 0.185. The molecule has 7 nitrogen and oxygen atoms in total. The highest BCUT2D eigenvalue weighted by molar-refractivity contribution is 6.30. The molecule has 0 saturated carbocycles. The normalized spacial score (nSPS) is 11.0. The van der Waals surface area contributed by atoms with Crippen LogP contribution in [0.2, 0.25) is 5.15 Å². The molecular weight excluding hydrogens is 304 g/mol. The minimum atomic E-state index is -0.302. The Kier molecular flexibility index (Phi) is 4.06. The Labute approximate surface area is 131 Å². The smallest absolute Gasteiger partial charge is 0.257 e. The third kappa shape index (κ3) is 2.94. The van der Waals surface area contributed by atoms with Crippen molar-refractivity contribution in [3.8, 4) is 0 Å². The van der Waals surface area contributed by atoms with Crippen molar-refractivity contribution in [3.63, 3.8) is 0 Å². The van der Waals surface area contributed by atoms with Gasteiger partial charge in [-0.2, -0.15) is 10.2 Å². The van der Waals surface area contributed by atoms with Crippen LogP contribution in [-0.2, 0) is 6.42 Å². The van der Waals surface area contributed by atoms with Gasteiger partial charge in [0.25, 0.3) is 5.91 Å². The SMILES string of the molecule is CCCCc1cc(NC(=O)c2cc(Cl)nc3[nH]ncc23)n[nH]1. The van der Waals surface area contributed by atoms with Gasteiger partial charge in [-0.25, -0.2) is 4.98 Å². The number of carbonyl (C=O) groups excluding carboxylic acids is 1. The number of aryl methyl sites for hydroxylation is 1. The minimum absolute atomic E-state index is 0.229. The number of fused-ring (bicyclic) bond motifs is 1. The summed E-state index contributed by atoms with van der Waals surface area (Å²) in [5.41, 5.74) is 1.88. The molecule has 3 N–H and O–H groups in total. The second-order valence-electron chi connectivity index (χ2n) is 4.96. The van der Waals surface area contributed by atoms with Gasteiger partial charge >= 0.3 is 0 Å². The summed E-state index contributed by atoms with van der Waals surface area (Å²) in [4.78, 5) is 16.5. The molecule has 0 spiro atoms. The van der Waals surface area contributed by atoms with Crippen molar-refractivity contribution >= 4 is 34.4 Å². The number of carbonyl (C=O) groups is 1. The monoisotopic (exact) mass is 318 g/mol. The fraction of sp³-hybridized carbons (Fsp3) is 0.286. The lowest BCUT2D eigenvalue weighted by molar-refractivity contribution is 0.102. The van der Waals surface area contributed by atoms with E-state index in [1.54, 1.807) is 6.20 Å². The van der Waals surface area contributed by atoms with E-state index in [4.69, 9.17) is 11.6 Å². The van der Waals surface area contributed by atoms with Crippen molar-refractivity contribution in [2.75, 3.05) is 5.32 Å². The summed E-state index contributed by atoms with van der Waals surface area (Å²) in [7, 11) is 0. The number of rotatable bonds is 5. The number of pyridine rings is 1. The first-order chi connectivity index (χ1) is 10.7. The molecule has 3 heterocycles. The van der Waals surface area contributed by atoms with Crippen LogP contribution in [0.5, 0.6) is 0 Å². The van der Waals surface area contributed by atoms with Gasteiger partial charge in [0.05, 0.1) is 17.1 Å². The molecule has 0 aromatic carbocycles. The van der Waals surface area contributed by atoms with Gasteiger partial charge in [-0.05, 0) is 18.9 Å². The summed E-state index contributed by atoms with van der Waals surface area (Å²) in [6, 6.07) is 3.35. The third-order valence-electron chi connectivity index (χ3n) is 3.31. The Morgan fingerprint density at radius 1 is 1.36 bits per heavy atom. The molecule has 0 unspecified atom stereocenters. The number of anilines is 1. The van der Waals surface area contributed by atoms with Gasteiger partial charge < -0.3 is 5.32 Å². The second kappa shape index (κ2) is 6.15. The maximum atomic E-state index is 12.4. The van der Waals surface area contributed by atoms with Crippen molar-refractivity contribution in [2.45, 2.75) is 26.2 Å². The highest BCUT2D eigenvalue weighted by Gasteiger charge is 2.15. The number of hydrogen-bond acceptors (Lipinski definition) is 4. The van der Waals surface area contributed by atoms with E-state index in [1.807, 2.05) is 6.07 Å². The standard InChI is InChI=1S/C14H15ClN6O/c1-2-3-4-8-5-12(20-19-8)18-14(22)9-6-11(15)17-13-10(9)7-16-21-13/h5-7H,2-4H2,1H3,(H,16,17,21)(H2,18,19,20,22). The second-order valence-corrected chi connectivity index (χ2v) is 5.35. The van der Waals surface area contributed by atoms with E-state index in [0.29, 0.717) is 22.4 Å². The fourth-order valence-corrected chi connectivity index (χ4v) is 2.38. The van der Waals surface area contributed by atoms with Crippen LogP contribution in [0.4, 0.5) is 5.82 Å². The van der Waals surface area contributed by atoms with Crippen LogP contribution in [0.3, 0.4) is 0 Å². The molecule has 3 aromatic heterocycles. The summed E-state index contributed by atoms with van der Waals surface area (Å²) < 4.78 is 0. The highest BCUT2D eigenvalue weighted by atomic mass is 35.5. The van der Waals surface area contributed by atoms with Crippen LogP contribution in [0, 0.1) is 0 Å². The average molecular weight is 319 g/mol. The number of hydrogen-bond donors (Lipinski definition) is 3. The number of amides is 1. The summed E-state index contributed by atoms with van der Waals surface area (Å²) in [6.07, 6.45) is 4.64. The molecule has 0 bridgehead atoms. The van der Waals surface area contributed by atoms with Crippen LogP contribution in [0.1, 0.15) is 35.8 Å². The van der Waals surface area contributed by atoms with E-state index in [1.165, 1.54) is 6.07 Å². The molecule has 114 valence electrons. The molecule has 0 aliphatic heterocycles. The van der Waals surface area contributed by atoms with Crippen molar-refractivity contribution in [1.82, 2.24) is 25.4 Å². The number of aromatic nitrogens is 5. The zero-order valence-electron chi connectivity index (χ0n) is 12.0. The summed E-state index contributed by atoms with van der Waals surface area (Å²) >= 11 is 5.93. The lowest BCUT2D eigenvalue weighted by atomic mass is 10.2. The van der Waals surface area contributed by atoms with E-state index in [0.717, 1.165) is 25.0 Å². The number of aromatic amines is 2. The van der Waals surface area contributed by atoms with Crippen LogP contribution < -0.4 is 5.32 Å². The number of nitrogens with zero attached hydrogens (tertiary/aromatic N) is 3. The van der Waals surface area contributed by atoms with Gasteiger partial charge in [0, 0.05) is 11.8 Å². The van der Waals surface area contributed by atoms with Crippen LogP contribution >= 0.6 is 11.6 Å². The lowest BCUT2D eigenvalue weighted by Gasteiger charge is -2.03. The van der Waals surface area contributed by atoms with Crippen molar-refractivity contribution in [2.24, 2.45) is 0 Å². The molecule has 0 atom stereocenters. The largest absolute Gasteiger partial charge is 0.305 e. The Morgan fingerprint density at radius 2 is 2.23 bits per heavy atom. The highest BCUT2D eigenvalue weighted by Crippen LogP contribution is 2.20. The number of unbranched alkanes of at least 4 members (excludes halogenated alkanes) is 1. The minimum Gasteiger partial charge on any atom is -0.305 e. The summed E-state index contributed by atoms with van der Waals surface area (Å²) in [5, 5.41) is 17.2. The molecule has 1 amide bonds. The first-order valence-electron chi connectivity index (χ1n) is 7.02. The van der Waals surface area contributed by atoms with Gasteiger partial charge in [-0.3, -0.25) is 15.0 Å². The number of nitrogens with one attached hydrogen (secondary N) is 3. The zero-order chi connectivity index (χ0) is 15.5. The first-order valence-corrected chi connectivity index (χ1v) is 7.40. The molecular formula is C14H15ClN6O. The molecule has 0 aliphatic carbocycles. The Morgan fingerprint density at radius 3 is 3.05 bits per heavy atom. The molecule has 0 fully saturated rings.